The molecule has 3 heterocycles. The highest BCUT2D eigenvalue weighted by Crippen LogP contribution is 2.32. The summed E-state index contributed by atoms with van der Waals surface area (Å²) in [5.74, 6) is 0.356. The molecule has 2 aromatic heterocycles. The summed E-state index contributed by atoms with van der Waals surface area (Å²) in [7, 11) is 3.95. The zero-order valence-electron chi connectivity index (χ0n) is 11.5. The minimum absolute atomic E-state index is 0.0108. The molecule has 0 saturated carbocycles. The van der Waals surface area contributed by atoms with Crippen LogP contribution in [0.5, 0.6) is 0 Å². The predicted molar refractivity (Wildman–Crippen MR) is 72.8 cm³/mol. The highest BCUT2D eigenvalue weighted by Gasteiger charge is 2.37. The van der Waals surface area contributed by atoms with Gasteiger partial charge in [-0.15, -0.1) is 0 Å². The van der Waals surface area contributed by atoms with Gasteiger partial charge in [0.25, 0.3) is 0 Å². The Bertz CT molecular complexity index is 613. The molecule has 1 fully saturated rings. The second kappa shape index (κ2) is 4.97. The molecule has 0 aromatic carbocycles. The van der Waals surface area contributed by atoms with Crippen LogP contribution in [0, 0.1) is 0 Å². The van der Waals surface area contributed by atoms with E-state index in [1.807, 2.05) is 18.7 Å². The molecule has 1 saturated heterocycles. The summed E-state index contributed by atoms with van der Waals surface area (Å²) in [5.41, 5.74) is 7.01. The lowest BCUT2D eigenvalue weighted by atomic mass is 10.1. The van der Waals surface area contributed by atoms with E-state index in [-0.39, 0.29) is 25.0 Å². The maximum Gasteiger partial charge on any atom is 0.167 e. The van der Waals surface area contributed by atoms with Crippen LogP contribution in [0.2, 0.25) is 0 Å². The number of nitrogens with zero attached hydrogens (tertiary/aromatic N) is 5. The first kappa shape index (κ1) is 13.2. The fraction of sp³-hybridized carbons (Fsp3) is 0.583. The molecule has 3 N–H and O–H groups in total. The molecule has 108 valence electrons. The standard InChI is InChI=1S/C12H18N6O2/c1-17(2)7-3-9(20-8(7)4-19)18-6-16-10-11(13)14-5-15-12(10)18/h5-9,19H,3-4H2,1-2H3,(H2,13,14,15)/t7-,8+,9+/m0/s1. The van der Waals surface area contributed by atoms with Gasteiger partial charge < -0.3 is 20.5 Å². The lowest BCUT2D eigenvalue weighted by molar-refractivity contribution is -0.0319. The van der Waals surface area contributed by atoms with Gasteiger partial charge in [0.15, 0.2) is 11.5 Å². The fourth-order valence-corrected chi connectivity index (χ4v) is 2.67. The van der Waals surface area contributed by atoms with Gasteiger partial charge in [-0.25, -0.2) is 15.0 Å². The van der Waals surface area contributed by atoms with E-state index in [4.69, 9.17) is 10.5 Å². The van der Waals surface area contributed by atoms with Crippen molar-refractivity contribution in [1.82, 2.24) is 24.4 Å². The number of ether oxygens (including phenoxy) is 1. The average Bonchev–Trinajstić information content (AvgIpc) is 3.02. The smallest absolute Gasteiger partial charge is 0.167 e. The first-order valence-electron chi connectivity index (χ1n) is 6.47. The topological polar surface area (TPSA) is 102 Å². The van der Waals surface area contributed by atoms with Crippen molar-refractivity contribution in [2.75, 3.05) is 26.4 Å². The minimum atomic E-state index is -0.216. The number of aliphatic hydroxyl groups is 1. The summed E-state index contributed by atoms with van der Waals surface area (Å²) in [6.07, 6.45) is 3.41. The SMILES string of the molecule is CN(C)[C@H]1C[C@H](n2cnc3c(N)ncnc32)O[C@@H]1CO. The number of likely N-dealkylation sites (N-methyl/N-ethyl adjacent to an activating group) is 1. The maximum atomic E-state index is 9.44. The lowest BCUT2D eigenvalue weighted by Gasteiger charge is -2.22. The molecule has 8 nitrogen and oxygen atoms in total. The van der Waals surface area contributed by atoms with Crippen molar-refractivity contribution in [2.24, 2.45) is 0 Å². The van der Waals surface area contributed by atoms with Crippen molar-refractivity contribution >= 4 is 17.0 Å². The molecule has 3 rings (SSSR count). The second-order valence-electron chi connectivity index (χ2n) is 5.16. The van der Waals surface area contributed by atoms with Crippen LogP contribution in [0.25, 0.3) is 11.2 Å². The normalized spacial score (nSPS) is 26.7. The van der Waals surface area contributed by atoms with Gasteiger partial charge in [0.2, 0.25) is 0 Å². The summed E-state index contributed by atoms with van der Waals surface area (Å²) in [6, 6.07) is 0.154. The Morgan fingerprint density at radius 3 is 2.90 bits per heavy atom. The summed E-state index contributed by atoms with van der Waals surface area (Å²) in [5, 5.41) is 9.44. The third-order valence-corrected chi connectivity index (χ3v) is 3.74. The number of aromatic nitrogens is 4. The van der Waals surface area contributed by atoms with Crippen LogP contribution < -0.4 is 5.73 Å². The van der Waals surface area contributed by atoms with E-state index in [1.165, 1.54) is 6.33 Å². The molecule has 0 spiro atoms. The molecule has 3 atom stereocenters. The van der Waals surface area contributed by atoms with E-state index in [0.717, 1.165) is 6.42 Å². The highest BCUT2D eigenvalue weighted by atomic mass is 16.5. The van der Waals surface area contributed by atoms with E-state index < -0.39 is 0 Å². The highest BCUT2D eigenvalue weighted by molar-refractivity contribution is 5.81. The number of nitrogens with two attached hydrogens (primary N) is 1. The molecule has 2 aromatic rings. The molecule has 0 unspecified atom stereocenters. The van der Waals surface area contributed by atoms with Gasteiger partial charge in [-0.05, 0) is 14.1 Å². The van der Waals surface area contributed by atoms with Crippen LogP contribution in [0.1, 0.15) is 12.6 Å². The van der Waals surface area contributed by atoms with E-state index in [2.05, 4.69) is 19.9 Å². The van der Waals surface area contributed by atoms with Gasteiger partial charge in [-0.2, -0.15) is 0 Å². The number of hydrogen-bond donors (Lipinski definition) is 2. The number of anilines is 1. The Morgan fingerprint density at radius 1 is 1.45 bits per heavy atom. The second-order valence-corrected chi connectivity index (χ2v) is 5.16. The van der Waals surface area contributed by atoms with E-state index >= 15 is 0 Å². The Hall–Kier alpha value is -1.77. The monoisotopic (exact) mass is 278 g/mol. The van der Waals surface area contributed by atoms with Crippen LogP contribution in [0.4, 0.5) is 5.82 Å². The average molecular weight is 278 g/mol. The number of nitrogen functional groups attached to an aromatic ring is 1. The lowest BCUT2D eigenvalue weighted by Crippen LogP contribution is -2.37. The van der Waals surface area contributed by atoms with Gasteiger partial charge in [-0.3, -0.25) is 4.57 Å². The minimum Gasteiger partial charge on any atom is -0.394 e. The Labute approximate surface area is 116 Å². The molecular weight excluding hydrogens is 260 g/mol. The van der Waals surface area contributed by atoms with Crippen molar-refractivity contribution in [2.45, 2.75) is 24.8 Å². The third kappa shape index (κ3) is 2.01. The summed E-state index contributed by atoms with van der Waals surface area (Å²) >= 11 is 0. The summed E-state index contributed by atoms with van der Waals surface area (Å²) in [4.78, 5) is 14.4. The largest absolute Gasteiger partial charge is 0.394 e. The molecule has 0 radical (unpaired) electrons. The molecule has 1 aliphatic rings. The first-order valence-corrected chi connectivity index (χ1v) is 6.47. The fourth-order valence-electron chi connectivity index (χ4n) is 2.67. The summed E-state index contributed by atoms with van der Waals surface area (Å²) in [6.45, 7) is -0.0108. The van der Waals surface area contributed by atoms with Crippen LogP contribution in [0.3, 0.4) is 0 Å². The van der Waals surface area contributed by atoms with E-state index in [0.29, 0.717) is 17.0 Å². The van der Waals surface area contributed by atoms with E-state index in [1.54, 1.807) is 6.33 Å². The summed E-state index contributed by atoms with van der Waals surface area (Å²) < 4.78 is 7.75. The zero-order valence-corrected chi connectivity index (χ0v) is 11.5. The number of hydrogen-bond acceptors (Lipinski definition) is 7. The van der Waals surface area contributed by atoms with Crippen molar-refractivity contribution < 1.29 is 9.84 Å². The maximum absolute atomic E-state index is 9.44. The quantitative estimate of drug-likeness (QED) is 0.788. The zero-order chi connectivity index (χ0) is 14.3. The Kier molecular flexibility index (Phi) is 3.28. The number of aliphatic hydroxyl groups excluding tert-OH is 1. The van der Waals surface area contributed by atoms with Crippen LogP contribution in [-0.2, 0) is 4.74 Å². The van der Waals surface area contributed by atoms with Crippen LogP contribution >= 0.6 is 0 Å². The van der Waals surface area contributed by atoms with Crippen LogP contribution in [-0.4, -0.2) is 62.4 Å². The van der Waals surface area contributed by atoms with Crippen molar-refractivity contribution in [3.8, 4) is 0 Å². The molecule has 0 amide bonds. The molecular formula is C12H18N6O2. The van der Waals surface area contributed by atoms with Crippen LogP contribution in [0.15, 0.2) is 12.7 Å². The molecule has 20 heavy (non-hydrogen) atoms. The predicted octanol–water partition coefficient (Wildman–Crippen LogP) is -0.381. The number of imidazole rings is 1. The molecule has 1 aliphatic heterocycles. The number of fused-ring (bicyclic) bond motifs is 1. The first-order chi connectivity index (χ1) is 9.61. The van der Waals surface area contributed by atoms with Gasteiger partial charge in [0.1, 0.15) is 18.1 Å². The Morgan fingerprint density at radius 2 is 2.25 bits per heavy atom. The van der Waals surface area contributed by atoms with Crippen molar-refractivity contribution in [1.29, 1.82) is 0 Å². The Balaban J connectivity index is 1.95. The van der Waals surface area contributed by atoms with Crippen molar-refractivity contribution in [3.63, 3.8) is 0 Å². The van der Waals surface area contributed by atoms with Gasteiger partial charge in [-0.1, -0.05) is 0 Å². The molecule has 8 heteroatoms. The van der Waals surface area contributed by atoms with Crippen molar-refractivity contribution in [3.05, 3.63) is 12.7 Å². The van der Waals surface area contributed by atoms with Gasteiger partial charge >= 0.3 is 0 Å². The van der Waals surface area contributed by atoms with Gasteiger partial charge in [0, 0.05) is 12.5 Å². The number of rotatable bonds is 3. The molecule has 0 aliphatic carbocycles. The van der Waals surface area contributed by atoms with Gasteiger partial charge in [0.05, 0.1) is 19.0 Å². The molecule has 0 bridgehead atoms. The third-order valence-electron chi connectivity index (χ3n) is 3.74. The van der Waals surface area contributed by atoms with E-state index in [9.17, 15) is 5.11 Å².